The second kappa shape index (κ2) is 8.47. The number of rotatable bonds is 5. The maximum Gasteiger partial charge on any atom is 0.310 e. The summed E-state index contributed by atoms with van der Waals surface area (Å²) in [4.78, 5) is 24.7. The minimum Gasteiger partial charge on any atom is -0.481 e. The Kier molecular flexibility index (Phi) is 5.35. The van der Waals surface area contributed by atoms with Gasteiger partial charge in [0.2, 0.25) is 5.88 Å². The first kappa shape index (κ1) is 20.8. The van der Waals surface area contributed by atoms with E-state index in [0.717, 1.165) is 11.1 Å². The Balaban J connectivity index is 1.49. The van der Waals surface area contributed by atoms with Gasteiger partial charge in [0.05, 0.1) is 12.1 Å². The normalized spacial score (nSPS) is 15.4. The molecule has 1 aromatic carbocycles. The van der Waals surface area contributed by atoms with Crippen LogP contribution in [0.25, 0.3) is 28.2 Å². The molecule has 1 aliphatic carbocycles. The van der Waals surface area contributed by atoms with Crippen LogP contribution in [0.1, 0.15) is 6.42 Å². The Bertz CT molecular complexity index is 1410. The lowest BCUT2D eigenvalue weighted by Gasteiger charge is -2.14. The van der Waals surface area contributed by atoms with Crippen molar-refractivity contribution in [1.82, 2.24) is 24.6 Å². The van der Waals surface area contributed by atoms with Gasteiger partial charge in [-0.3, -0.25) is 4.79 Å². The van der Waals surface area contributed by atoms with Crippen molar-refractivity contribution in [3.63, 3.8) is 0 Å². The molecule has 3 heterocycles. The molecule has 4 aromatic rings. The Morgan fingerprint density at radius 2 is 1.91 bits per heavy atom. The zero-order chi connectivity index (χ0) is 22.9. The van der Waals surface area contributed by atoms with Crippen LogP contribution in [0.5, 0.6) is 5.88 Å². The van der Waals surface area contributed by atoms with Crippen molar-refractivity contribution >= 4 is 33.4 Å². The molecule has 0 saturated carbocycles. The summed E-state index contributed by atoms with van der Waals surface area (Å²) < 4.78 is 7.85. The van der Waals surface area contributed by atoms with E-state index < -0.39 is 11.9 Å². The van der Waals surface area contributed by atoms with E-state index in [-0.39, 0.29) is 5.88 Å². The lowest BCUT2D eigenvalue weighted by atomic mass is 10.0. The van der Waals surface area contributed by atoms with Gasteiger partial charge < -0.3 is 15.6 Å². The SMILES string of the molecule is Nc1c(Br)c(OC2=CCC(C(=O)O)C=C2)nc2c(-c3cnc(-c4ccccc4)nc3)cnn12. The van der Waals surface area contributed by atoms with Crippen molar-refractivity contribution in [2.45, 2.75) is 6.42 Å². The molecule has 0 saturated heterocycles. The highest BCUT2D eigenvalue weighted by atomic mass is 79.9. The first-order chi connectivity index (χ1) is 16.0. The van der Waals surface area contributed by atoms with E-state index in [1.54, 1.807) is 36.8 Å². The number of halogens is 1. The Labute approximate surface area is 196 Å². The fourth-order valence-electron chi connectivity index (χ4n) is 3.42. The third-order valence-electron chi connectivity index (χ3n) is 5.18. The summed E-state index contributed by atoms with van der Waals surface area (Å²) in [6.07, 6.45) is 10.3. The molecule has 0 aliphatic heterocycles. The third-order valence-corrected chi connectivity index (χ3v) is 5.93. The number of hydrogen-bond acceptors (Lipinski definition) is 7. The standard InChI is InChI=1S/C23H17BrN6O3/c24-18-19(25)30-21(29-22(18)33-16-8-6-14(7-9-16)23(31)32)17(12-28-30)15-10-26-20(27-11-15)13-4-2-1-3-5-13/h1-6,8-12,14H,7,25H2,(H,31,32). The van der Waals surface area contributed by atoms with Gasteiger partial charge >= 0.3 is 5.97 Å². The molecule has 0 radical (unpaired) electrons. The van der Waals surface area contributed by atoms with Gasteiger partial charge in [-0.2, -0.15) is 14.6 Å². The highest BCUT2D eigenvalue weighted by molar-refractivity contribution is 9.10. The summed E-state index contributed by atoms with van der Waals surface area (Å²) in [5.74, 6) is 0.212. The van der Waals surface area contributed by atoms with Crippen LogP contribution >= 0.6 is 15.9 Å². The second-order valence-corrected chi connectivity index (χ2v) is 8.11. The fourth-order valence-corrected chi connectivity index (χ4v) is 3.76. The molecule has 3 N–H and O–H groups in total. The molecule has 164 valence electrons. The largest absolute Gasteiger partial charge is 0.481 e. The summed E-state index contributed by atoms with van der Waals surface area (Å²) in [6, 6.07) is 9.70. The lowest BCUT2D eigenvalue weighted by Crippen LogP contribution is -2.13. The van der Waals surface area contributed by atoms with Gasteiger partial charge in [-0.25, -0.2) is 9.97 Å². The molecule has 3 aromatic heterocycles. The summed E-state index contributed by atoms with van der Waals surface area (Å²) in [5.41, 5.74) is 9.08. The number of allylic oxidation sites excluding steroid dienone is 2. The fraction of sp³-hybridized carbons (Fsp3) is 0.0870. The Hall–Kier alpha value is -4.05. The molecule has 0 bridgehead atoms. The number of anilines is 1. The molecule has 10 heteroatoms. The van der Waals surface area contributed by atoms with Crippen molar-refractivity contribution in [2.75, 3.05) is 5.73 Å². The lowest BCUT2D eigenvalue weighted by molar-refractivity contribution is -0.140. The first-order valence-corrected chi connectivity index (χ1v) is 10.8. The molecule has 1 atom stereocenters. The van der Waals surface area contributed by atoms with Gasteiger partial charge in [0.15, 0.2) is 11.5 Å². The number of benzene rings is 1. The monoisotopic (exact) mass is 504 g/mol. The van der Waals surface area contributed by atoms with Gasteiger partial charge in [-0.1, -0.05) is 36.4 Å². The second-order valence-electron chi connectivity index (χ2n) is 7.32. The van der Waals surface area contributed by atoms with Crippen molar-refractivity contribution in [1.29, 1.82) is 0 Å². The smallest absolute Gasteiger partial charge is 0.310 e. The van der Waals surface area contributed by atoms with Crippen molar-refractivity contribution in [3.05, 3.63) is 77.4 Å². The van der Waals surface area contributed by atoms with Crippen molar-refractivity contribution < 1.29 is 14.6 Å². The van der Waals surface area contributed by atoms with Crippen molar-refractivity contribution in [3.8, 4) is 28.4 Å². The predicted octanol–water partition coefficient (Wildman–Crippen LogP) is 4.12. The number of fused-ring (bicyclic) bond motifs is 1. The van der Waals surface area contributed by atoms with Crippen LogP contribution in [0.3, 0.4) is 0 Å². The maximum atomic E-state index is 11.1. The average molecular weight is 505 g/mol. The van der Waals surface area contributed by atoms with Crippen LogP contribution in [0.4, 0.5) is 5.82 Å². The van der Waals surface area contributed by atoms with Gasteiger partial charge in [-0.15, -0.1) is 0 Å². The molecule has 1 unspecified atom stereocenters. The van der Waals surface area contributed by atoms with E-state index in [9.17, 15) is 4.79 Å². The van der Waals surface area contributed by atoms with Gasteiger partial charge in [-0.05, 0) is 34.5 Å². The predicted molar refractivity (Wildman–Crippen MR) is 125 cm³/mol. The Morgan fingerprint density at radius 1 is 1.15 bits per heavy atom. The molecule has 0 amide bonds. The van der Waals surface area contributed by atoms with E-state index in [1.807, 2.05) is 30.3 Å². The molecule has 9 nitrogen and oxygen atoms in total. The number of carboxylic acid groups (broad SMARTS) is 1. The van der Waals surface area contributed by atoms with E-state index in [0.29, 0.717) is 39.5 Å². The number of nitrogen functional groups attached to an aromatic ring is 1. The molecular formula is C23H17BrN6O3. The minimum atomic E-state index is -0.879. The van der Waals surface area contributed by atoms with Gasteiger partial charge in [0.1, 0.15) is 16.0 Å². The topological polar surface area (TPSA) is 129 Å². The molecule has 5 rings (SSSR count). The number of carboxylic acids is 1. The molecule has 1 aliphatic rings. The number of hydrogen-bond donors (Lipinski definition) is 2. The zero-order valence-corrected chi connectivity index (χ0v) is 18.7. The first-order valence-electron chi connectivity index (χ1n) is 10.0. The summed E-state index contributed by atoms with van der Waals surface area (Å²) in [7, 11) is 0. The van der Waals surface area contributed by atoms with Gasteiger partial charge in [0.25, 0.3) is 0 Å². The summed E-state index contributed by atoms with van der Waals surface area (Å²) in [5, 5.41) is 13.5. The van der Waals surface area contributed by atoms with Crippen LogP contribution < -0.4 is 10.5 Å². The quantitative estimate of drug-likeness (QED) is 0.415. The highest BCUT2D eigenvalue weighted by Crippen LogP contribution is 2.35. The van der Waals surface area contributed by atoms with Gasteiger partial charge in [0, 0.05) is 29.1 Å². The average Bonchev–Trinajstić information content (AvgIpc) is 3.27. The molecule has 33 heavy (non-hydrogen) atoms. The van der Waals surface area contributed by atoms with Crippen molar-refractivity contribution in [2.24, 2.45) is 5.92 Å². The maximum absolute atomic E-state index is 11.1. The van der Waals surface area contributed by atoms with E-state index in [1.165, 1.54) is 4.52 Å². The van der Waals surface area contributed by atoms with E-state index >= 15 is 0 Å². The molecular weight excluding hydrogens is 488 g/mol. The highest BCUT2D eigenvalue weighted by Gasteiger charge is 2.21. The van der Waals surface area contributed by atoms with Crippen LogP contribution in [0, 0.1) is 5.92 Å². The molecule has 0 spiro atoms. The summed E-state index contributed by atoms with van der Waals surface area (Å²) >= 11 is 3.42. The van der Waals surface area contributed by atoms with Crippen LogP contribution in [0.2, 0.25) is 0 Å². The number of aromatic nitrogens is 5. The number of aliphatic carboxylic acids is 1. The zero-order valence-electron chi connectivity index (χ0n) is 17.1. The van der Waals surface area contributed by atoms with Crippen LogP contribution in [-0.4, -0.2) is 35.6 Å². The minimum absolute atomic E-state index is 0.244. The number of carbonyl (C=O) groups is 1. The third kappa shape index (κ3) is 3.96. The molecule has 0 fully saturated rings. The van der Waals surface area contributed by atoms with Crippen LogP contribution in [0.15, 0.2) is 77.4 Å². The number of nitrogens with zero attached hydrogens (tertiary/aromatic N) is 5. The summed E-state index contributed by atoms with van der Waals surface area (Å²) in [6.45, 7) is 0. The number of nitrogens with two attached hydrogens (primary N) is 1. The Morgan fingerprint density at radius 3 is 2.58 bits per heavy atom. The van der Waals surface area contributed by atoms with E-state index in [2.05, 4.69) is 36.0 Å². The van der Waals surface area contributed by atoms with Crippen LogP contribution in [-0.2, 0) is 4.79 Å². The van der Waals surface area contributed by atoms with E-state index in [4.69, 9.17) is 15.6 Å². The number of ether oxygens (including phenoxy) is 1.